The Morgan fingerprint density at radius 1 is 1.60 bits per heavy atom. The van der Waals surface area contributed by atoms with Crippen molar-refractivity contribution in [2.75, 3.05) is 5.43 Å². The number of benzene rings is 1. The molecule has 1 aromatic carbocycles. The van der Waals surface area contributed by atoms with Gasteiger partial charge in [-0.3, -0.25) is 15.5 Å². The zero-order valence-corrected chi connectivity index (χ0v) is 12.5. The van der Waals surface area contributed by atoms with Crippen LogP contribution in [-0.4, -0.2) is 16.1 Å². The van der Waals surface area contributed by atoms with Crippen LogP contribution in [0.1, 0.15) is 11.3 Å². The molecule has 2 aromatic rings. The van der Waals surface area contributed by atoms with Gasteiger partial charge in [0.25, 0.3) is 0 Å². The Morgan fingerprint density at radius 2 is 2.35 bits per heavy atom. The van der Waals surface area contributed by atoms with E-state index in [0.717, 1.165) is 17.8 Å². The lowest BCUT2D eigenvalue weighted by atomic mass is 10.2. The summed E-state index contributed by atoms with van der Waals surface area (Å²) in [5.74, 6) is -0.912. The van der Waals surface area contributed by atoms with Gasteiger partial charge in [0.05, 0.1) is 16.8 Å². The molecule has 2 rings (SSSR count). The molecule has 0 amide bonds. The number of aromatic nitrogens is 1. The van der Waals surface area contributed by atoms with Crippen molar-refractivity contribution in [3.63, 3.8) is 0 Å². The van der Waals surface area contributed by atoms with E-state index in [4.69, 9.17) is 0 Å². The van der Waals surface area contributed by atoms with E-state index in [2.05, 4.69) is 31.4 Å². The molecule has 0 fully saturated rings. The quantitative estimate of drug-likeness (QED) is 0.513. The third-order valence-corrected chi connectivity index (χ3v) is 3.80. The molecule has 1 aromatic heterocycles. The molecular formula is C11H8BrFN4O2S. The van der Waals surface area contributed by atoms with Crippen molar-refractivity contribution in [2.24, 2.45) is 5.10 Å². The van der Waals surface area contributed by atoms with Gasteiger partial charge in [0, 0.05) is 21.5 Å². The Bertz CT molecular complexity index is 689. The number of aryl methyl sites for hydroxylation is 1. The molecule has 0 bridgehead atoms. The number of nitro benzene ring substituents is 1. The van der Waals surface area contributed by atoms with E-state index in [-0.39, 0.29) is 0 Å². The summed E-state index contributed by atoms with van der Waals surface area (Å²) in [6, 6.07) is 2.14. The summed E-state index contributed by atoms with van der Waals surface area (Å²) in [4.78, 5) is 13.9. The van der Waals surface area contributed by atoms with Gasteiger partial charge in [-0.05, 0) is 28.9 Å². The highest BCUT2D eigenvalue weighted by Crippen LogP contribution is 2.25. The topological polar surface area (TPSA) is 80.4 Å². The van der Waals surface area contributed by atoms with Crippen LogP contribution in [0.2, 0.25) is 0 Å². The first-order valence-corrected chi connectivity index (χ1v) is 6.99. The molecule has 0 saturated carbocycles. The highest BCUT2D eigenvalue weighted by atomic mass is 79.9. The monoisotopic (exact) mass is 358 g/mol. The lowest BCUT2D eigenvalue weighted by Gasteiger charge is -2.00. The lowest BCUT2D eigenvalue weighted by Crippen LogP contribution is -1.96. The fourth-order valence-electron chi connectivity index (χ4n) is 1.35. The van der Waals surface area contributed by atoms with E-state index in [0.29, 0.717) is 15.2 Å². The second-order valence-corrected chi connectivity index (χ2v) is 5.46. The van der Waals surface area contributed by atoms with Crippen LogP contribution >= 0.6 is 27.3 Å². The number of rotatable bonds is 4. The number of nitro groups is 1. The molecule has 0 aliphatic carbocycles. The summed E-state index contributed by atoms with van der Waals surface area (Å²) in [7, 11) is 0. The fraction of sp³-hybridized carbons (Fsp3) is 0.0909. The highest BCUT2D eigenvalue weighted by molar-refractivity contribution is 9.10. The molecule has 0 spiro atoms. The van der Waals surface area contributed by atoms with Crippen LogP contribution < -0.4 is 5.43 Å². The second kappa shape index (κ2) is 6.06. The van der Waals surface area contributed by atoms with Crippen molar-refractivity contribution in [3.8, 4) is 0 Å². The highest BCUT2D eigenvalue weighted by Gasteiger charge is 2.16. The first kappa shape index (κ1) is 14.5. The van der Waals surface area contributed by atoms with Crippen molar-refractivity contribution in [2.45, 2.75) is 6.92 Å². The van der Waals surface area contributed by atoms with Crippen LogP contribution in [0.3, 0.4) is 0 Å². The van der Waals surface area contributed by atoms with Crippen LogP contribution in [0, 0.1) is 22.9 Å². The average Bonchev–Trinajstić information content (AvgIpc) is 2.78. The summed E-state index contributed by atoms with van der Waals surface area (Å²) >= 11 is 4.52. The standard InChI is InChI=1S/C11H8BrFN4O2S/c1-6-5-20-11(15-6)16-14-4-7-2-9(13)10(17(18)19)3-8(7)12/h2-5H,1H3,(H,15,16). The van der Waals surface area contributed by atoms with Crippen LogP contribution in [0.4, 0.5) is 15.2 Å². The van der Waals surface area contributed by atoms with Gasteiger partial charge in [-0.15, -0.1) is 11.3 Å². The first-order chi connectivity index (χ1) is 9.47. The van der Waals surface area contributed by atoms with Crippen molar-refractivity contribution in [1.82, 2.24) is 4.98 Å². The van der Waals surface area contributed by atoms with Gasteiger partial charge >= 0.3 is 5.69 Å². The molecule has 6 nitrogen and oxygen atoms in total. The summed E-state index contributed by atoms with van der Waals surface area (Å²) in [6.45, 7) is 1.85. The molecule has 1 heterocycles. The lowest BCUT2D eigenvalue weighted by molar-refractivity contribution is -0.387. The van der Waals surface area contributed by atoms with Gasteiger partial charge in [0.2, 0.25) is 10.9 Å². The maximum atomic E-state index is 13.5. The maximum absolute atomic E-state index is 13.5. The summed E-state index contributed by atoms with van der Waals surface area (Å²) < 4.78 is 13.9. The summed E-state index contributed by atoms with van der Waals surface area (Å²) in [5.41, 5.74) is 3.37. The maximum Gasteiger partial charge on any atom is 0.305 e. The van der Waals surface area contributed by atoms with Gasteiger partial charge < -0.3 is 0 Å². The van der Waals surface area contributed by atoms with Crippen LogP contribution in [0.5, 0.6) is 0 Å². The van der Waals surface area contributed by atoms with Crippen molar-refractivity contribution < 1.29 is 9.31 Å². The van der Waals surface area contributed by atoms with E-state index in [1.54, 1.807) is 0 Å². The minimum absolute atomic E-state index is 0.381. The Kier molecular flexibility index (Phi) is 4.40. The fourth-order valence-corrected chi connectivity index (χ4v) is 2.42. The number of thiazole rings is 1. The first-order valence-electron chi connectivity index (χ1n) is 5.32. The normalized spacial score (nSPS) is 10.9. The van der Waals surface area contributed by atoms with E-state index in [1.807, 2.05) is 12.3 Å². The molecule has 0 atom stereocenters. The predicted octanol–water partition coefficient (Wildman–Crippen LogP) is 3.71. The van der Waals surface area contributed by atoms with Crippen LogP contribution in [0.25, 0.3) is 0 Å². The Morgan fingerprint density at radius 3 is 2.95 bits per heavy atom. The predicted molar refractivity (Wildman–Crippen MR) is 78.8 cm³/mol. The number of hydrogen-bond donors (Lipinski definition) is 1. The summed E-state index contributed by atoms with van der Waals surface area (Å²) in [6.07, 6.45) is 1.35. The molecule has 0 aliphatic heterocycles. The number of nitrogens with one attached hydrogen (secondary N) is 1. The number of anilines is 1. The molecule has 1 N–H and O–H groups in total. The van der Waals surface area contributed by atoms with E-state index in [9.17, 15) is 14.5 Å². The number of halogens is 2. The van der Waals surface area contributed by atoms with Gasteiger partial charge in [0.15, 0.2) is 0 Å². The van der Waals surface area contributed by atoms with Gasteiger partial charge in [-0.1, -0.05) is 0 Å². The minimum atomic E-state index is -0.912. The smallest absolute Gasteiger partial charge is 0.258 e. The van der Waals surface area contributed by atoms with Crippen LogP contribution in [-0.2, 0) is 0 Å². The third kappa shape index (κ3) is 3.36. The molecule has 20 heavy (non-hydrogen) atoms. The number of hydrazone groups is 1. The van der Waals surface area contributed by atoms with E-state index in [1.165, 1.54) is 17.6 Å². The number of hydrogen-bond acceptors (Lipinski definition) is 6. The number of nitrogens with zero attached hydrogens (tertiary/aromatic N) is 3. The molecule has 104 valence electrons. The molecule has 0 saturated heterocycles. The van der Waals surface area contributed by atoms with E-state index < -0.39 is 16.4 Å². The SMILES string of the molecule is Cc1csc(NN=Cc2cc(F)c([N+](=O)[O-])cc2Br)n1. The van der Waals surface area contributed by atoms with Gasteiger partial charge in [-0.2, -0.15) is 9.49 Å². The van der Waals surface area contributed by atoms with Gasteiger partial charge in [0.1, 0.15) is 0 Å². The largest absolute Gasteiger partial charge is 0.305 e. The third-order valence-electron chi connectivity index (χ3n) is 2.25. The minimum Gasteiger partial charge on any atom is -0.258 e. The Labute approximate surface area is 125 Å². The summed E-state index contributed by atoms with van der Waals surface area (Å²) in [5, 5.41) is 17.0. The van der Waals surface area contributed by atoms with Crippen molar-refractivity contribution >= 4 is 44.3 Å². The zero-order chi connectivity index (χ0) is 14.7. The van der Waals surface area contributed by atoms with Gasteiger partial charge in [-0.25, -0.2) is 4.98 Å². The Balaban J connectivity index is 2.17. The molecule has 9 heteroatoms. The molecular weight excluding hydrogens is 351 g/mol. The van der Waals surface area contributed by atoms with Crippen molar-refractivity contribution in [1.29, 1.82) is 0 Å². The average molecular weight is 359 g/mol. The Hall–Kier alpha value is -1.87. The zero-order valence-electron chi connectivity index (χ0n) is 10.1. The molecule has 0 radical (unpaired) electrons. The molecule has 0 aliphatic rings. The van der Waals surface area contributed by atoms with E-state index >= 15 is 0 Å². The second-order valence-electron chi connectivity index (χ2n) is 3.75. The van der Waals surface area contributed by atoms with Crippen LogP contribution in [0.15, 0.2) is 27.1 Å². The molecule has 0 unspecified atom stereocenters. The van der Waals surface area contributed by atoms with Crippen molar-refractivity contribution in [3.05, 3.63) is 49.2 Å².